The molecule has 9 heteroatoms. The summed E-state index contributed by atoms with van der Waals surface area (Å²) in [6, 6.07) is 7.53. The molecule has 96 valence electrons. The minimum Gasteiger partial charge on any atom is -0.282 e. The standard InChI is InChI=1S/C10H8O6S2.Na/c11-17(12,13)9-5-1-3-7-8(9)4-2-6-10(7)18(14,15)16;/h1-6H,(H,11,12,13)(H,14,15,16);/q;+1. The predicted molar refractivity (Wildman–Crippen MR) is 63.6 cm³/mol. The van der Waals surface area contributed by atoms with Crippen LogP contribution in [0.4, 0.5) is 0 Å². The maximum Gasteiger partial charge on any atom is 1.00 e. The maximum absolute atomic E-state index is 11.2. The van der Waals surface area contributed by atoms with E-state index in [4.69, 9.17) is 9.11 Å². The molecule has 0 aliphatic carbocycles. The van der Waals surface area contributed by atoms with E-state index in [1.807, 2.05) is 0 Å². The average molecular weight is 311 g/mol. The Morgan fingerprint density at radius 3 is 1.26 bits per heavy atom. The molecule has 0 spiro atoms. The average Bonchev–Trinajstić information content (AvgIpc) is 2.24. The van der Waals surface area contributed by atoms with Crippen LogP contribution in [0.3, 0.4) is 0 Å². The quantitative estimate of drug-likeness (QED) is 0.507. The first kappa shape index (κ1) is 16.6. The van der Waals surface area contributed by atoms with Crippen molar-refractivity contribution in [3.8, 4) is 0 Å². The van der Waals surface area contributed by atoms with E-state index in [1.165, 1.54) is 24.3 Å². The van der Waals surface area contributed by atoms with Gasteiger partial charge in [0.15, 0.2) is 0 Å². The molecule has 0 saturated heterocycles. The Morgan fingerprint density at radius 1 is 0.684 bits per heavy atom. The van der Waals surface area contributed by atoms with Gasteiger partial charge in [-0.3, -0.25) is 9.11 Å². The largest absolute Gasteiger partial charge is 1.00 e. The van der Waals surface area contributed by atoms with Gasteiger partial charge in [0.25, 0.3) is 20.2 Å². The molecule has 0 amide bonds. The minimum absolute atomic E-state index is 0. The van der Waals surface area contributed by atoms with E-state index in [2.05, 4.69) is 0 Å². The number of fused-ring (bicyclic) bond motifs is 1. The van der Waals surface area contributed by atoms with Gasteiger partial charge in [0.1, 0.15) is 9.79 Å². The van der Waals surface area contributed by atoms with Crippen LogP contribution in [0.25, 0.3) is 10.8 Å². The molecule has 2 aromatic rings. The van der Waals surface area contributed by atoms with Crippen LogP contribution in [0.2, 0.25) is 0 Å². The van der Waals surface area contributed by atoms with Gasteiger partial charge < -0.3 is 0 Å². The zero-order chi connectivity index (χ0) is 13.6. The fraction of sp³-hybridized carbons (Fsp3) is 0. The molecule has 0 saturated carbocycles. The second-order valence-corrected chi connectivity index (χ2v) is 6.34. The molecule has 0 bridgehead atoms. The molecule has 0 aliphatic rings. The van der Waals surface area contributed by atoms with E-state index in [9.17, 15) is 16.8 Å². The number of hydrogen-bond acceptors (Lipinski definition) is 4. The fourth-order valence-corrected chi connectivity index (χ4v) is 3.12. The molecule has 0 aliphatic heterocycles. The molecule has 2 aromatic carbocycles. The Kier molecular flexibility index (Phi) is 4.79. The van der Waals surface area contributed by atoms with Gasteiger partial charge in [0.2, 0.25) is 0 Å². The second-order valence-electron chi connectivity index (χ2n) is 3.56. The van der Waals surface area contributed by atoms with Crippen LogP contribution < -0.4 is 29.6 Å². The molecule has 0 fully saturated rings. The first-order chi connectivity index (χ1) is 8.21. The minimum atomic E-state index is -4.47. The summed E-state index contributed by atoms with van der Waals surface area (Å²) >= 11 is 0. The van der Waals surface area contributed by atoms with E-state index in [-0.39, 0.29) is 40.3 Å². The van der Waals surface area contributed by atoms with Gasteiger partial charge in [-0.05, 0) is 12.1 Å². The molecular weight excluding hydrogens is 303 g/mol. The smallest absolute Gasteiger partial charge is 0.282 e. The molecule has 0 atom stereocenters. The summed E-state index contributed by atoms with van der Waals surface area (Å²) in [5.41, 5.74) is 0. The summed E-state index contributed by atoms with van der Waals surface area (Å²) in [7, 11) is -8.94. The first-order valence-electron chi connectivity index (χ1n) is 4.68. The first-order valence-corrected chi connectivity index (χ1v) is 7.56. The summed E-state index contributed by atoms with van der Waals surface area (Å²) in [4.78, 5) is -0.823. The van der Waals surface area contributed by atoms with Crippen molar-refractivity contribution in [2.75, 3.05) is 0 Å². The van der Waals surface area contributed by atoms with Crippen molar-refractivity contribution in [3.05, 3.63) is 36.4 Å². The normalized spacial score (nSPS) is 12.1. The SMILES string of the molecule is O=S(=O)(O)c1cccc2c(S(=O)(=O)O)cccc12.[Na+]. The molecule has 0 heterocycles. The van der Waals surface area contributed by atoms with Crippen molar-refractivity contribution < 1.29 is 55.5 Å². The van der Waals surface area contributed by atoms with Gasteiger partial charge in [0, 0.05) is 10.8 Å². The van der Waals surface area contributed by atoms with Crippen LogP contribution in [0, 0.1) is 0 Å². The number of hydrogen-bond donors (Lipinski definition) is 2. The molecule has 0 unspecified atom stereocenters. The van der Waals surface area contributed by atoms with Crippen molar-refractivity contribution in [1.82, 2.24) is 0 Å². The van der Waals surface area contributed by atoms with Gasteiger partial charge in [-0.1, -0.05) is 24.3 Å². The molecule has 6 nitrogen and oxygen atoms in total. The number of benzene rings is 2. The molecule has 2 rings (SSSR count). The second kappa shape index (κ2) is 5.49. The fourth-order valence-electron chi connectivity index (χ4n) is 1.70. The third-order valence-electron chi connectivity index (χ3n) is 2.40. The van der Waals surface area contributed by atoms with Crippen LogP contribution in [0.15, 0.2) is 46.2 Å². The molecule has 2 N–H and O–H groups in total. The van der Waals surface area contributed by atoms with E-state index in [1.54, 1.807) is 0 Å². The molecular formula is C10H8NaO6S2+. The Morgan fingerprint density at radius 2 is 1.00 bits per heavy atom. The predicted octanol–water partition coefficient (Wildman–Crippen LogP) is -1.66. The van der Waals surface area contributed by atoms with Crippen LogP contribution in [0.1, 0.15) is 0 Å². The third kappa shape index (κ3) is 3.34. The zero-order valence-electron chi connectivity index (χ0n) is 9.81. The van der Waals surface area contributed by atoms with E-state index in [0.29, 0.717) is 0 Å². The van der Waals surface area contributed by atoms with E-state index >= 15 is 0 Å². The Bertz CT molecular complexity index is 755. The maximum atomic E-state index is 11.2. The van der Waals surface area contributed by atoms with E-state index < -0.39 is 30.0 Å². The molecule has 19 heavy (non-hydrogen) atoms. The zero-order valence-corrected chi connectivity index (χ0v) is 13.4. The van der Waals surface area contributed by atoms with Gasteiger partial charge >= 0.3 is 29.6 Å². The van der Waals surface area contributed by atoms with Gasteiger partial charge in [-0.25, -0.2) is 0 Å². The van der Waals surface area contributed by atoms with Crippen molar-refractivity contribution >= 4 is 31.0 Å². The third-order valence-corrected chi connectivity index (χ3v) is 4.22. The summed E-state index contributed by atoms with van der Waals surface area (Å²) < 4.78 is 62.7. The monoisotopic (exact) mass is 311 g/mol. The summed E-state index contributed by atoms with van der Waals surface area (Å²) in [6.07, 6.45) is 0. The summed E-state index contributed by atoms with van der Waals surface area (Å²) in [5.74, 6) is 0. The topological polar surface area (TPSA) is 109 Å². The Labute approximate surface area is 132 Å². The van der Waals surface area contributed by atoms with Crippen molar-refractivity contribution in [2.45, 2.75) is 9.79 Å². The summed E-state index contributed by atoms with van der Waals surface area (Å²) in [6.45, 7) is 0. The van der Waals surface area contributed by atoms with Crippen LogP contribution >= 0.6 is 0 Å². The Balaban J connectivity index is 0.00000180. The van der Waals surface area contributed by atoms with Crippen molar-refractivity contribution in [2.24, 2.45) is 0 Å². The van der Waals surface area contributed by atoms with Crippen LogP contribution in [0.5, 0.6) is 0 Å². The van der Waals surface area contributed by atoms with Gasteiger partial charge in [0.05, 0.1) is 0 Å². The Hall–Kier alpha value is -0.480. The molecule has 0 radical (unpaired) electrons. The van der Waals surface area contributed by atoms with Gasteiger partial charge in [-0.15, -0.1) is 0 Å². The number of rotatable bonds is 2. The van der Waals surface area contributed by atoms with Crippen molar-refractivity contribution in [3.63, 3.8) is 0 Å². The molecule has 0 aromatic heterocycles. The van der Waals surface area contributed by atoms with Crippen LogP contribution in [-0.4, -0.2) is 25.9 Å². The van der Waals surface area contributed by atoms with E-state index in [0.717, 1.165) is 12.1 Å². The summed E-state index contributed by atoms with van der Waals surface area (Å²) in [5, 5.41) is 0.0465. The van der Waals surface area contributed by atoms with Crippen molar-refractivity contribution in [1.29, 1.82) is 0 Å². The van der Waals surface area contributed by atoms with Crippen LogP contribution in [-0.2, 0) is 20.2 Å². The van der Waals surface area contributed by atoms with Gasteiger partial charge in [-0.2, -0.15) is 16.8 Å².